The van der Waals surface area contributed by atoms with Crippen LogP contribution in [0.15, 0.2) is 17.3 Å². The van der Waals surface area contributed by atoms with Gasteiger partial charge >= 0.3 is 5.97 Å². The van der Waals surface area contributed by atoms with Gasteiger partial charge in [0.15, 0.2) is 22.5 Å². The van der Waals surface area contributed by atoms with Crippen LogP contribution in [0.1, 0.15) is 6.92 Å². The number of H-pyrrole nitrogens is 1. The lowest BCUT2D eigenvalue weighted by atomic mass is 10.1. The molecule has 24 heavy (non-hydrogen) atoms. The maximum Gasteiger partial charge on any atom is 0.316 e. The van der Waals surface area contributed by atoms with Gasteiger partial charge in [0, 0.05) is 5.56 Å². The van der Waals surface area contributed by atoms with Crippen molar-refractivity contribution in [2.75, 3.05) is 33.7 Å². The first-order valence-corrected chi connectivity index (χ1v) is 8.13. The molecule has 0 fully saturated rings. The lowest BCUT2D eigenvalue weighted by Gasteiger charge is -2.13. The van der Waals surface area contributed by atoms with Crippen LogP contribution in [0.2, 0.25) is 0 Å². The smallest absolute Gasteiger partial charge is 0.316 e. The number of benzene rings is 1. The van der Waals surface area contributed by atoms with Crippen molar-refractivity contribution in [2.45, 2.75) is 12.1 Å². The van der Waals surface area contributed by atoms with Crippen LogP contribution in [0.5, 0.6) is 17.2 Å². The SMILES string of the molecule is CCOC(=O)CSc1nnc(-c2cc(OC)c(OC)c(OC)c2)[nH]1. The second-order valence-electron chi connectivity index (χ2n) is 4.49. The molecule has 0 amide bonds. The number of hydrogen-bond acceptors (Lipinski definition) is 8. The van der Waals surface area contributed by atoms with Crippen molar-refractivity contribution in [3.63, 3.8) is 0 Å². The molecule has 8 nitrogen and oxygen atoms in total. The molecular formula is C15H19N3O5S. The Morgan fingerprint density at radius 2 is 1.79 bits per heavy atom. The lowest BCUT2D eigenvalue weighted by Crippen LogP contribution is -2.06. The molecule has 2 aromatic rings. The van der Waals surface area contributed by atoms with Gasteiger partial charge in [0.2, 0.25) is 5.75 Å². The summed E-state index contributed by atoms with van der Waals surface area (Å²) < 4.78 is 20.8. The van der Waals surface area contributed by atoms with E-state index in [2.05, 4.69) is 15.2 Å². The number of nitrogens with zero attached hydrogens (tertiary/aromatic N) is 2. The molecule has 0 radical (unpaired) electrons. The van der Waals surface area contributed by atoms with Gasteiger partial charge in [0.05, 0.1) is 33.7 Å². The molecule has 0 saturated heterocycles. The first kappa shape index (κ1) is 17.9. The number of carbonyl (C=O) groups excluding carboxylic acids is 1. The number of nitrogens with one attached hydrogen (secondary N) is 1. The lowest BCUT2D eigenvalue weighted by molar-refractivity contribution is -0.139. The van der Waals surface area contributed by atoms with E-state index in [1.54, 1.807) is 40.4 Å². The van der Waals surface area contributed by atoms with Gasteiger partial charge in [-0.15, -0.1) is 10.2 Å². The van der Waals surface area contributed by atoms with Crippen molar-refractivity contribution >= 4 is 17.7 Å². The van der Waals surface area contributed by atoms with Gasteiger partial charge in [0.1, 0.15) is 0 Å². The number of hydrogen-bond donors (Lipinski definition) is 1. The summed E-state index contributed by atoms with van der Waals surface area (Å²) in [5.41, 5.74) is 0.722. The molecule has 0 spiro atoms. The molecule has 0 aliphatic carbocycles. The first-order valence-electron chi connectivity index (χ1n) is 7.14. The third kappa shape index (κ3) is 4.10. The van der Waals surface area contributed by atoms with E-state index in [9.17, 15) is 4.79 Å². The van der Waals surface area contributed by atoms with E-state index in [0.29, 0.717) is 34.8 Å². The summed E-state index contributed by atoms with van der Waals surface area (Å²) in [4.78, 5) is 14.4. The highest BCUT2D eigenvalue weighted by atomic mass is 32.2. The summed E-state index contributed by atoms with van der Waals surface area (Å²) in [5, 5.41) is 8.62. The number of aromatic nitrogens is 3. The standard InChI is InChI=1S/C15H19N3O5S/c1-5-23-12(19)8-24-15-16-14(17-18-15)9-6-10(20-2)13(22-4)11(7-9)21-3/h6-7H,5,8H2,1-4H3,(H,16,17,18). The zero-order chi connectivity index (χ0) is 17.5. The van der Waals surface area contributed by atoms with Gasteiger partial charge in [-0.05, 0) is 19.1 Å². The summed E-state index contributed by atoms with van der Waals surface area (Å²) >= 11 is 1.22. The highest BCUT2D eigenvalue weighted by molar-refractivity contribution is 7.99. The minimum Gasteiger partial charge on any atom is -0.493 e. The molecule has 130 valence electrons. The fourth-order valence-electron chi connectivity index (χ4n) is 1.99. The summed E-state index contributed by atoms with van der Waals surface area (Å²) in [5.74, 6) is 1.93. The van der Waals surface area contributed by atoms with E-state index in [1.165, 1.54) is 11.8 Å². The molecule has 0 bridgehead atoms. The predicted molar refractivity (Wildman–Crippen MR) is 88.8 cm³/mol. The van der Waals surface area contributed by atoms with Crippen molar-refractivity contribution in [3.8, 4) is 28.6 Å². The molecule has 0 aliphatic heterocycles. The summed E-state index contributed by atoms with van der Waals surface area (Å²) in [7, 11) is 4.63. The van der Waals surface area contributed by atoms with Crippen molar-refractivity contribution in [3.05, 3.63) is 12.1 Å². The minimum atomic E-state index is -0.298. The minimum absolute atomic E-state index is 0.164. The molecule has 1 heterocycles. The molecule has 0 atom stereocenters. The quantitative estimate of drug-likeness (QED) is 0.570. The van der Waals surface area contributed by atoms with Crippen LogP contribution in [-0.4, -0.2) is 54.8 Å². The second kappa shape index (κ2) is 8.44. The average Bonchev–Trinajstić information content (AvgIpc) is 3.07. The fraction of sp³-hybridized carbons (Fsp3) is 0.400. The normalized spacial score (nSPS) is 10.3. The van der Waals surface area contributed by atoms with Gasteiger partial charge in [-0.25, -0.2) is 0 Å². The Hall–Kier alpha value is -2.42. The number of carbonyl (C=O) groups is 1. The van der Waals surface area contributed by atoms with Crippen LogP contribution in [0.4, 0.5) is 0 Å². The highest BCUT2D eigenvalue weighted by Gasteiger charge is 2.16. The molecule has 1 aromatic heterocycles. The number of aromatic amines is 1. The van der Waals surface area contributed by atoms with E-state index in [4.69, 9.17) is 18.9 Å². The van der Waals surface area contributed by atoms with E-state index in [0.717, 1.165) is 5.56 Å². The molecular weight excluding hydrogens is 334 g/mol. The molecule has 1 N–H and O–H groups in total. The first-order chi connectivity index (χ1) is 11.6. The molecule has 0 unspecified atom stereocenters. The van der Waals surface area contributed by atoms with Gasteiger partial charge < -0.3 is 23.9 Å². The zero-order valence-corrected chi connectivity index (χ0v) is 14.7. The van der Waals surface area contributed by atoms with Crippen molar-refractivity contribution in [1.29, 1.82) is 0 Å². The van der Waals surface area contributed by atoms with Crippen LogP contribution >= 0.6 is 11.8 Å². The second-order valence-corrected chi connectivity index (χ2v) is 5.45. The van der Waals surface area contributed by atoms with E-state index >= 15 is 0 Å². The molecule has 2 rings (SSSR count). The van der Waals surface area contributed by atoms with Crippen LogP contribution in [0.3, 0.4) is 0 Å². The number of rotatable bonds is 8. The van der Waals surface area contributed by atoms with Crippen LogP contribution in [-0.2, 0) is 9.53 Å². The van der Waals surface area contributed by atoms with Gasteiger partial charge in [0.25, 0.3) is 0 Å². The zero-order valence-electron chi connectivity index (χ0n) is 13.9. The van der Waals surface area contributed by atoms with Crippen molar-refractivity contribution in [2.24, 2.45) is 0 Å². The number of thioether (sulfide) groups is 1. The number of esters is 1. The van der Waals surface area contributed by atoms with Crippen LogP contribution in [0.25, 0.3) is 11.4 Å². The molecule has 0 saturated carbocycles. The van der Waals surface area contributed by atoms with Crippen LogP contribution in [0, 0.1) is 0 Å². The third-order valence-corrected chi connectivity index (χ3v) is 3.87. The van der Waals surface area contributed by atoms with Gasteiger partial charge in [-0.2, -0.15) is 0 Å². The molecule has 1 aromatic carbocycles. The molecule has 9 heteroatoms. The van der Waals surface area contributed by atoms with Crippen molar-refractivity contribution in [1.82, 2.24) is 15.2 Å². The average molecular weight is 353 g/mol. The van der Waals surface area contributed by atoms with Gasteiger partial charge in [-0.1, -0.05) is 11.8 Å². The Bertz CT molecular complexity index is 679. The number of ether oxygens (including phenoxy) is 4. The van der Waals surface area contributed by atoms with E-state index < -0.39 is 0 Å². The summed E-state index contributed by atoms with van der Waals surface area (Å²) in [6, 6.07) is 3.53. The topological polar surface area (TPSA) is 95.6 Å². The van der Waals surface area contributed by atoms with Crippen molar-refractivity contribution < 1.29 is 23.7 Å². The Morgan fingerprint density at radius 1 is 1.12 bits per heavy atom. The van der Waals surface area contributed by atoms with E-state index in [1.807, 2.05) is 0 Å². The summed E-state index contributed by atoms with van der Waals surface area (Å²) in [6.07, 6.45) is 0. The predicted octanol–water partition coefficient (Wildman–Crippen LogP) is 2.15. The van der Waals surface area contributed by atoms with Gasteiger partial charge in [-0.3, -0.25) is 4.79 Å². The highest BCUT2D eigenvalue weighted by Crippen LogP contribution is 2.40. The molecule has 0 aliphatic rings. The largest absolute Gasteiger partial charge is 0.493 e. The maximum atomic E-state index is 11.4. The fourth-order valence-corrected chi connectivity index (χ4v) is 2.59. The Morgan fingerprint density at radius 3 is 2.33 bits per heavy atom. The Balaban J connectivity index is 2.21. The number of methoxy groups -OCH3 is 3. The monoisotopic (exact) mass is 353 g/mol. The van der Waals surface area contributed by atoms with E-state index in [-0.39, 0.29) is 11.7 Å². The Labute approximate surface area is 143 Å². The summed E-state index contributed by atoms with van der Waals surface area (Å²) in [6.45, 7) is 2.12. The van der Waals surface area contributed by atoms with Crippen LogP contribution < -0.4 is 14.2 Å². The Kier molecular flexibility index (Phi) is 6.30. The third-order valence-electron chi connectivity index (χ3n) is 3.04. The maximum absolute atomic E-state index is 11.4.